The van der Waals surface area contributed by atoms with Gasteiger partial charge in [-0.1, -0.05) is 6.07 Å². The predicted molar refractivity (Wildman–Crippen MR) is 123 cm³/mol. The van der Waals surface area contributed by atoms with Crippen LogP contribution in [-0.4, -0.2) is 58.9 Å². The quantitative estimate of drug-likeness (QED) is 0.692. The van der Waals surface area contributed by atoms with Crippen LogP contribution in [0, 0.1) is 13.8 Å². The van der Waals surface area contributed by atoms with Gasteiger partial charge in [-0.15, -0.1) is 0 Å². The maximum absolute atomic E-state index is 13.0. The molecule has 3 heterocycles. The number of carbonyl (C=O) groups is 2. The molecule has 0 bridgehead atoms. The standard InChI is InChI=1S/C25H29F3N4O3/c1-15-16(2)21(35-14-23(29)33)8-7-19(15)20-5-3-4-18-13-31(10-11-32(18)20)24(34)17-6-9-22(30-12-17)25(26,27)28/h6-9,12,18,20H,3-5,10-11,13-14H2,1-2H3,(H2,29,33)/t18-,20+/m0/s1. The number of amides is 2. The third-order valence-corrected chi connectivity index (χ3v) is 7.04. The smallest absolute Gasteiger partial charge is 0.433 e. The monoisotopic (exact) mass is 490 g/mol. The highest BCUT2D eigenvalue weighted by atomic mass is 19.4. The molecule has 2 aromatic rings. The minimum absolute atomic E-state index is 0.164. The normalized spacial score (nSPS) is 20.9. The van der Waals surface area contributed by atoms with Gasteiger partial charge in [0.2, 0.25) is 0 Å². The Bertz CT molecular complexity index is 1100. The van der Waals surface area contributed by atoms with Crippen LogP contribution in [0.15, 0.2) is 30.5 Å². The van der Waals surface area contributed by atoms with Gasteiger partial charge in [0, 0.05) is 37.9 Å². The summed E-state index contributed by atoms with van der Waals surface area (Å²) in [4.78, 5) is 31.6. The Kier molecular flexibility index (Phi) is 7.02. The Morgan fingerprint density at radius 3 is 2.54 bits per heavy atom. The summed E-state index contributed by atoms with van der Waals surface area (Å²) in [6.07, 6.45) is -0.575. The Balaban J connectivity index is 1.47. The summed E-state index contributed by atoms with van der Waals surface area (Å²) < 4.78 is 43.9. The summed E-state index contributed by atoms with van der Waals surface area (Å²) in [5.74, 6) is -0.185. The Hall–Kier alpha value is -3.14. The molecule has 0 radical (unpaired) electrons. The number of piperidine rings is 1. The molecule has 2 saturated heterocycles. The number of pyridine rings is 1. The second-order valence-corrected chi connectivity index (χ2v) is 9.18. The highest BCUT2D eigenvalue weighted by Crippen LogP contribution is 2.39. The molecule has 2 aliphatic rings. The van der Waals surface area contributed by atoms with Gasteiger partial charge >= 0.3 is 6.18 Å². The fourth-order valence-electron chi connectivity index (χ4n) is 5.12. The van der Waals surface area contributed by atoms with Gasteiger partial charge in [-0.3, -0.25) is 19.5 Å². The molecule has 7 nitrogen and oxygen atoms in total. The summed E-state index contributed by atoms with van der Waals surface area (Å²) >= 11 is 0. The molecule has 0 spiro atoms. The zero-order valence-corrected chi connectivity index (χ0v) is 19.8. The molecule has 0 aliphatic carbocycles. The molecule has 2 aliphatic heterocycles. The summed E-state index contributed by atoms with van der Waals surface area (Å²) in [5.41, 5.74) is 7.62. The Labute approximate surface area is 202 Å². The summed E-state index contributed by atoms with van der Waals surface area (Å²) in [5, 5.41) is 0. The van der Waals surface area contributed by atoms with Crippen LogP contribution < -0.4 is 10.5 Å². The topological polar surface area (TPSA) is 88.8 Å². The van der Waals surface area contributed by atoms with Gasteiger partial charge in [-0.05, 0) is 68.0 Å². The minimum atomic E-state index is -4.53. The number of carbonyl (C=O) groups excluding carboxylic acids is 2. The number of halogens is 3. The summed E-state index contributed by atoms with van der Waals surface area (Å²) in [6, 6.07) is 6.32. The van der Waals surface area contributed by atoms with Gasteiger partial charge in [-0.25, -0.2) is 0 Å². The zero-order chi connectivity index (χ0) is 25.3. The van der Waals surface area contributed by atoms with Crippen molar-refractivity contribution in [1.82, 2.24) is 14.8 Å². The molecule has 0 saturated carbocycles. The van der Waals surface area contributed by atoms with Crippen molar-refractivity contribution in [3.05, 3.63) is 58.4 Å². The van der Waals surface area contributed by atoms with Gasteiger partial charge < -0.3 is 15.4 Å². The van der Waals surface area contributed by atoms with Gasteiger partial charge in [0.15, 0.2) is 6.61 Å². The molecule has 10 heteroatoms. The van der Waals surface area contributed by atoms with E-state index in [1.165, 1.54) is 11.6 Å². The molecule has 188 valence electrons. The molecule has 1 aromatic heterocycles. The van der Waals surface area contributed by atoms with Crippen LogP contribution in [-0.2, 0) is 11.0 Å². The van der Waals surface area contributed by atoms with Crippen LogP contribution in [0.25, 0.3) is 0 Å². The van der Waals surface area contributed by atoms with Crippen LogP contribution in [0.3, 0.4) is 0 Å². The number of benzene rings is 1. The predicted octanol–water partition coefficient (Wildman–Crippen LogP) is 3.63. The second kappa shape index (κ2) is 9.85. The number of fused-ring (bicyclic) bond motifs is 1. The van der Waals surface area contributed by atoms with Gasteiger partial charge in [0.1, 0.15) is 11.4 Å². The number of nitrogens with zero attached hydrogens (tertiary/aromatic N) is 3. The van der Waals surface area contributed by atoms with E-state index in [-0.39, 0.29) is 30.2 Å². The zero-order valence-electron chi connectivity index (χ0n) is 19.8. The molecule has 35 heavy (non-hydrogen) atoms. The van der Waals surface area contributed by atoms with Crippen LogP contribution >= 0.6 is 0 Å². The molecule has 2 amide bonds. The highest BCUT2D eigenvalue weighted by Gasteiger charge is 2.38. The maximum atomic E-state index is 13.0. The molecule has 0 unspecified atom stereocenters. The van der Waals surface area contributed by atoms with E-state index in [0.717, 1.165) is 42.7 Å². The van der Waals surface area contributed by atoms with Gasteiger partial charge in [0.25, 0.3) is 11.8 Å². The number of hydrogen-bond acceptors (Lipinski definition) is 5. The van der Waals surface area contributed by atoms with E-state index < -0.39 is 17.8 Å². The molecule has 2 N–H and O–H groups in total. The van der Waals surface area contributed by atoms with E-state index >= 15 is 0 Å². The van der Waals surface area contributed by atoms with E-state index in [9.17, 15) is 22.8 Å². The van der Waals surface area contributed by atoms with Gasteiger partial charge in [-0.2, -0.15) is 13.2 Å². The van der Waals surface area contributed by atoms with Gasteiger partial charge in [0.05, 0.1) is 5.56 Å². The summed E-state index contributed by atoms with van der Waals surface area (Å²) in [7, 11) is 0. The Morgan fingerprint density at radius 2 is 1.89 bits per heavy atom. The molecular weight excluding hydrogens is 461 g/mol. The van der Waals surface area contributed by atoms with E-state index in [1.807, 2.05) is 26.0 Å². The molecule has 4 rings (SSSR count). The van der Waals surface area contributed by atoms with Crippen molar-refractivity contribution in [2.45, 2.75) is 51.4 Å². The summed E-state index contributed by atoms with van der Waals surface area (Å²) in [6.45, 7) is 5.52. The lowest BCUT2D eigenvalue weighted by molar-refractivity contribution is -0.141. The fraction of sp³-hybridized carbons (Fsp3) is 0.480. The van der Waals surface area contributed by atoms with E-state index in [2.05, 4.69) is 9.88 Å². The van der Waals surface area contributed by atoms with Crippen molar-refractivity contribution in [1.29, 1.82) is 0 Å². The second-order valence-electron chi connectivity index (χ2n) is 9.18. The van der Waals surface area contributed by atoms with E-state index in [1.54, 1.807) is 4.90 Å². The van der Waals surface area contributed by atoms with Crippen molar-refractivity contribution in [2.75, 3.05) is 26.2 Å². The number of hydrogen-bond donors (Lipinski definition) is 1. The first-order valence-electron chi connectivity index (χ1n) is 11.7. The first kappa shape index (κ1) is 25.0. The number of nitrogens with two attached hydrogens (primary N) is 1. The van der Waals surface area contributed by atoms with Crippen molar-refractivity contribution in [3.8, 4) is 5.75 Å². The maximum Gasteiger partial charge on any atom is 0.433 e. The number of alkyl halides is 3. The van der Waals surface area contributed by atoms with Crippen LogP contribution in [0.1, 0.15) is 58.0 Å². The first-order valence-corrected chi connectivity index (χ1v) is 11.7. The molecule has 1 aromatic carbocycles. The van der Waals surface area contributed by atoms with Crippen molar-refractivity contribution in [2.24, 2.45) is 5.73 Å². The SMILES string of the molecule is Cc1c(OCC(N)=O)ccc([C@H]2CCC[C@H]3CN(C(=O)c4ccc(C(F)(F)F)nc4)CCN32)c1C. The largest absolute Gasteiger partial charge is 0.484 e. The van der Waals surface area contributed by atoms with E-state index in [4.69, 9.17) is 10.5 Å². The lowest BCUT2D eigenvalue weighted by Crippen LogP contribution is -2.57. The van der Waals surface area contributed by atoms with Crippen LogP contribution in [0.2, 0.25) is 0 Å². The third kappa shape index (κ3) is 5.27. The molecule has 2 atom stereocenters. The number of piperazine rings is 1. The average Bonchev–Trinajstić information content (AvgIpc) is 2.83. The number of rotatable bonds is 5. The van der Waals surface area contributed by atoms with Crippen molar-refractivity contribution >= 4 is 11.8 Å². The molecule has 2 fully saturated rings. The third-order valence-electron chi connectivity index (χ3n) is 7.04. The van der Waals surface area contributed by atoms with Crippen molar-refractivity contribution < 1.29 is 27.5 Å². The number of ether oxygens (including phenoxy) is 1. The van der Waals surface area contributed by atoms with Crippen LogP contribution in [0.4, 0.5) is 13.2 Å². The lowest BCUT2D eigenvalue weighted by Gasteiger charge is -2.48. The van der Waals surface area contributed by atoms with E-state index in [0.29, 0.717) is 25.4 Å². The molecular formula is C25H29F3N4O3. The Morgan fingerprint density at radius 1 is 1.11 bits per heavy atom. The average molecular weight is 491 g/mol. The minimum Gasteiger partial charge on any atom is -0.484 e. The fourth-order valence-corrected chi connectivity index (χ4v) is 5.12. The number of primary amides is 1. The first-order chi connectivity index (χ1) is 16.6. The van der Waals surface area contributed by atoms with Crippen molar-refractivity contribution in [3.63, 3.8) is 0 Å². The lowest BCUT2D eigenvalue weighted by atomic mass is 9.86. The number of aromatic nitrogens is 1. The van der Waals surface area contributed by atoms with Crippen LogP contribution in [0.5, 0.6) is 5.75 Å². The highest BCUT2D eigenvalue weighted by molar-refractivity contribution is 5.94.